The van der Waals surface area contributed by atoms with Gasteiger partial charge >= 0.3 is 0 Å². The molecule has 1 heterocycles. The van der Waals surface area contributed by atoms with Crippen LogP contribution in [-0.4, -0.2) is 23.3 Å². The van der Waals surface area contributed by atoms with Crippen LogP contribution in [0.4, 0.5) is 17.1 Å². The van der Waals surface area contributed by atoms with Crippen molar-refractivity contribution in [1.82, 2.24) is 0 Å². The molecule has 1 fully saturated rings. The van der Waals surface area contributed by atoms with Gasteiger partial charge in [-0.1, -0.05) is 18.2 Å². The number of amides is 2. The Balaban J connectivity index is 1.69. The molecule has 2 aromatic rings. The molecule has 7 heteroatoms. The number of nitro groups is 1. The first kappa shape index (κ1) is 15.7. The van der Waals surface area contributed by atoms with Crippen molar-refractivity contribution in [2.24, 2.45) is 5.92 Å². The number of benzene rings is 2. The minimum Gasteiger partial charge on any atom is -0.326 e. The summed E-state index contributed by atoms with van der Waals surface area (Å²) in [6.07, 6.45) is 0.121. The maximum absolute atomic E-state index is 12.3. The van der Waals surface area contributed by atoms with Gasteiger partial charge in [0.1, 0.15) is 0 Å². The third-order valence-electron chi connectivity index (χ3n) is 3.91. The van der Waals surface area contributed by atoms with E-state index in [1.54, 1.807) is 12.1 Å². The largest absolute Gasteiger partial charge is 0.326 e. The lowest BCUT2D eigenvalue weighted by molar-refractivity contribution is -0.384. The van der Waals surface area contributed by atoms with Crippen molar-refractivity contribution in [1.29, 1.82) is 0 Å². The second-order valence-electron chi connectivity index (χ2n) is 5.53. The summed E-state index contributed by atoms with van der Waals surface area (Å²) in [5.74, 6) is -0.830. The standard InChI is InChI=1S/C17H15N3O4/c21-16-10-12(17(22)18-13-4-2-1-3-5-13)11-19(16)14-6-8-15(9-7-14)20(23)24/h1-9,12H,10-11H2,(H,18,22)/t12-/m1/s1. The Morgan fingerprint density at radius 1 is 1.12 bits per heavy atom. The molecule has 0 spiro atoms. The Kier molecular flexibility index (Phi) is 4.24. The van der Waals surface area contributed by atoms with Crippen LogP contribution in [0, 0.1) is 16.0 Å². The molecule has 1 atom stereocenters. The predicted octanol–water partition coefficient (Wildman–Crippen LogP) is 2.59. The zero-order valence-corrected chi connectivity index (χ0v) is 12.7. The third-order valence-corrected chi connectivity index (χ3v) is 3.91. The summed E-state index contributed by atoms with van der Waals surface area (Å²) in [7, 11) is 0. The average molecular weight is 325 g/mol. The Labute approximate surface area is 138 Å². The minimum absolute atomic E-state index is 0.0382. The van der Waals surface area contributed by atoms with E-state index in [-0.39, 0.29) is 30.5 Å². The number of anilines is 2. The van der Waals surface area contributed by atoms with Gasteiger partial charge in [0, 0.05) is 36.5 Å². The molecule has 0 aromatic heterocycles. The van der Waals surface area contributed by atoms with E-state index in [0.29, 0.717) is 11.4 Å². The molecule has 3 rings (SSSR count). The zero-order valence-electron chi connectivity index (χ0n) is 12.7. The van der Waals surface area contributed by atoms with Gasteiger partial charge in [0.25, 0.3) is 5.69 Å². The van der Waals surface area contributed by atoms with Crippen molar-refractivity contribution in [2.75, 3.05) is 16.8 Å². The number of para-hydroxylation sites is 1. The normalized spacial score (nSPS) is 16.9. The van der Waals surface area contributed by atoms with Gasteiger partial charge in [0.15, 0.2) is 0 Å². The minimum atomic E-state index is -0.494. The zero-order chi connectivity index (χ0) is 17.1. The van der Waals surface area contributed by atoms with Gasteiger partial charge in [0.2, 0.25) is 11.8 Å². The van der Waals surface area contributed by atoms with Crippen LogP contribution >= 0.6 is 0 Å². The molecule has 0 unspecified atom stereocenters. The van der Waals surface area contributed by atoms with E-state index in [9.17, 15) is 19.7 Å². The van der Waals surface area contributed by atoms with Gasteiger partial charge in [0.05, 0.1) is 10.8 Å². The highest BCUT2D eigenvalue weighted by Crippen LogP contribution is 2.27. The fourth-order valence-corrected chi connectivity index (χ4v) is 2.65. The number of nitrogens with zero attached hydrogens (tertiary/aromatic N) is 2. The molecule has 0 radical (unpaired) electrons. The Morgan fingerprint density at radius 2 is 1.79 bits per heavy atom. The lowest BCUT2D eigenvalue weighted by atomic mass is 10.1. The SMILES string of the molecule is O=C(Nc1ccccc1)[C@@H]1CC(=O)N(c2ccc([N+](=O)[O-])cc2)C1. The van der Waals surface area contributed by atoms with E-state index < -0.39 is 10.8 Å². The topological polar surface area (TPSA) is 92.6 Å². The number of hydrogen-bond donors (Lipinski definition) is 1. The summed E-state index contributed by atoms with van der Waals surface area (Å²) >= 11 is 0. The van der Waals surface area contributed by atoms with Crippen molar-refractivity contribution in [3.05, 3.63) is 64.7 Å². The number of rotatable bonds is 4. The molecule has 122 valence electrons. The van der Waals surface area contributed by atoms with E-state index in [1.165, 1.54) is 29.2 Å². The number of hydrogen-bond acceptors (Lipinski definition) is 4. The first-order chi connectivity index (χ1) is 11.5. The summed E-state index contributed by atoms with van der Waals surface area (Å²) in [5, 5.41) is 13.5. The van der Waals surface area contributed by atoms with E-state index in [2.05, 4.69) is 5.32 Å². The quantitative estimate of drug-likeness (QED) is 0.690. The lowest BCUT2D eigenvalue weighted by Crippen LogP contribution is -2.28. The van der Waals surface area contributed by atoms with Gasteiger partial charge in [-0.05, 0) is 24.3 Å². The number of nitrogens with one attached hydrogen (secondary N) is 1. The number of carbonyl (C=O) groups is 2. The molecular formula is C17H15N3O4. The maximum atomic E-state index is 12.3. The molecule has 0 bridgehead atoms. The predicted molar refractivity (Wildman–Crippen MR) is 88.6 cm³/mol. The second kappa shape index (κ2) is 6.49. The highest BCUT2D eigenvalue weighted by Gasteiger charge is 2.35. The highest BCUT2D eigenvalue weighted by molar-refractivity contribution is 6.03. The smallest absolute Gasteiger partial charge is 0.269 e. The van der Waals surface area contributed by atoms with Crippen LogP contribution in [0.15, 0.2) is 54.6 Å². The van der Waals surface area contributed by atoms with E-state index >= 15 is 0 Å². The summed E-state index contributed by atoms with van der Waals surface area (Å²) < 4.78 is 0. The molecule has 0 aliphatic carbocycles. The third kappa shape index (κ3) is 3.24. The molecule has 2 aromatic carbocycles. The average Bonchev–Trinajstić information content (AvgIpc) is 2.98. The fourth-order valence-electron chi connectivity index (χ4n) is 2.65. The van der Waals surface area contributed by atoms with E-state index in [1.807, 2.05) is 18.2 Å². The van der Waals surface area contributed by atoms with Crippen molar-refractivity contribution in [3.63, 3.8) is 0 Å². The molecule has 24 heavy (non-hydrogen) atoms. The second-order valence-corrected chi connectivity index (χ2v) is 5.53. The molecule has 0 saturated carbocycles. The van der Waals surface area contributed by atoms with E-state index in [4.69, 9.17) is 0 Å². The van der Waals surface area contributed by atoms with Crippen LogP contribution in [0.2, 0.25) is 0 Å². The molecule has 2 amide bonds. The summed E-state index contributed by atoms with van der Waals surface area (Å²) in [6, 6.07) is 14.8. The number of non-ortho nitro benzene ring substituents is 1. The Morgan fingerprint density at radius 3 is 2.42 bits per heavy atom. The summed E-state index contributed by atoms with van der Waals surface area (Å²) in [4.78, 5) is 36.1. The van der Waals surface area contributed by atoms with Crippen LogP contribution in [0.5, 0.6) is 0 Å². The van der Waals surface area contributed by atoms with Gasteiger partial charge in [-0.2, -0.15) is 0 Å². The van der Waals surface area contributed by atoms with Gasteiger partial charge in [-0.15, -0.1) is 0 Å². The summed E-state index contributed by atoms with van der Waals surface area (Å²) in [5.41, 5.74) is 1.20. The van der Waals surface area contributed by atoms with Gasteiger partial charge in [-0.3, -0.25) is 19.7 Å². The molecule has 1 N–H and O–H groups in total. The monoisotopic (exact) mass is 325 g/mol. The first-order valence-electron chi connectivity index (χ1n) is 7.45. The molecule has 7 nitrogen and oxygen atoms in total. The van der Waals surface area contributed by atoms with Gasteiger partial charge < -0.3 is 10.2 Å². The lowest BCUT2D eigenvalue weighted by Gasteiger charge is -2.16. The summed E-state index contributed by atoms with van der Waals surface area (Å²) in [6.45, 7) is 0.259. The van der Waals surface area contributed by atoms with Crippen LogP contribution in [0.1, 0.15) is 6.42 Å². The van der Waals surface area contributed by atoms with Gasteiger partial charge in [-0.25, -0.2) is 0 Å². The molecule has 1 aliphatic heterocycles. The van der Waals surface area contributed by atoms with Crippen molar-refractivity contribution < 1.29 is 14.5 Å². The molecular weight excluding hydrogens is 310 g/mol. The van der Waals surface area contributed by atoms with Crippen LogP contribution < -0.4 is 10.2 Å². The Hall–Kier alpha value is -3.22. The molecule has 1 aliphatic rings. The number of carbonyl (C=O) groups excluding carboxylic acids is 2. The number of nitro benzene ring substituents is 1. The first-order valence-corrected chi connectivity index (χ1v) is 7.45. The van der Waals surface area contributed by atoms with E-state index in [0.717, 1.165) is 0 Å². The maximum Gasteiger partial charge on any atom is 0.269 e. The van der Waals surface area contributed by atoms with Crippen molar-refractivity contribution in [2.45, 2.75) is 6.42 Å². The highest BCUT2D eigenvalue weighted by atomic mass is 16.6. The fraction of sp³-hybridized carbons (Fsp3) is 0.176. The molecule has 1 saturated heterocycles. The van der Waals surface area contributed by atoms with Crippen molar-refractivity contribution >= 4 is 28.9 Å². The van der Waals surface area contributed by atoms with Crippen LogP contribution in [-0.2, 0) is 9.59 Å². The van der Waals surface area contributed by atoms with Crippen LogP contribution in [0.25, 0.3) is 0 Å². The van der Waals surface area contributed by atoms with Crippen LogP contribution in [0.3, 0.4) is 0 Å². The van der Waals surface area contributed by atoms with Crippen molar-refractivity contribution in [3.8, 4) is 0 Å². The Bertz CT molecular complexity index is 774.